The van der Waals surface area contributed by atoms with Crippen molar-refractivity contribution < 1.29 is 10.2 Å². The highest BCUT2D eigenvalue weighted by Gasteiger charge is 2.23. The fourth-order valence-electron chi connectivity index (χ4n) is 0.171. The van der Waals surface area contributed by atoms with Crippen molar-refractivity contribution in [2.24, 2.45) is 5.73 Å². The van der Waals surface area contributed by atoms with Crippen LogP contribution in [0.15, 0.2) is 0 Å². The second-order valence-electron chi connectivity index (χ2n) is 2.24. The summed E-state index contributed by atoms with van der Waals surface area (Å²) in [6.45, 7) is 3.09. The third-order valence-corrected chi connectivity index (χ3v) is 1.31. The summed E-state index contributed by atoms with van der Waals surface area (Å²) >= 11 is 0. The van der Waals surface area contributed by atoms with Crippen LogP contribution >= 0.6 is 0 Å². The van der Waals surface area contributed by atoms with Gasteiger partial charge in [-0.15, -0.1) is 0 Å². The lowest BCUT2D eigenvalue weighted by atomic mass is 10.0. The van der Waals surface area contributed by atoms with Gasteiger partial charge in [-0.3, -0.25) is 0 Å². The number of hydrogen-bond acceptors (Lipinski definition) is 3. The van der Waals surface area contributed by atoms with Crippen LogP contribution in [-0.4, -0.2) is 28.5 Å². The zero-order valence-electron chi connectivity index (χ0n) is 5.26. The topological polar surface area (TPSA) is 66.5 Å². The Labute approximate surface area is 49.1 Å². The van der Waals surface area contributed by atoms with Crippen LogP contribution in [0, 0.1) is 0 Å². The van der Waals surface area contributed by atoms with E-state index in [9.17, 15) is 0 Å². The lowest BCUT2D eigenvalue weighted by molar-refractivity contribution is -0.0446. The molecular weight excluding hydrogens is 106 g/mol. The van der Waals surface area contributed by atoms with Gasteiger partial charge in [-0.05, 0) is 13.8 Å². The van der Waals surface area contributed by atoms with E-state index >= 15 is 0 Å². The minimum Gasteiger partial charge on any atom is -0.390 e. The summed E-state index contributed by atoms with van der Waals surface area (Å²) in [7, 11) is 0. The molecule has 0 rings (SSSR count). The van der Waals surface area contributed by atoms with E-state index in [2.05, 4.69) is 0 Å². The van der Waals surface area contributed by atoms with Gasteiger partial charge in [-0.1, -0.05) is 0 Å². The quantitative estimate of drug-likeness (QED) is 0.440. The molecule has 0 amide bonds. The Kier molecular flexibility index (Phi) is 2.40. The molecule has 8 heavy (non-hydrogen) atoms. The molecule has 1 unspecified atom stereocenters. The fraction of sp³-hybridized carbons (Fsp3) is 1.00. The van der Waals surface area contributed by atoms with E-state index in [0.717, 1.165) is 0 Å². The molecule has 3 heteroatoms. The first-order valence-corrected chi connectivity index (χ1v) is 2.61. The van der Waals surface area contributed by atoms with Crippen molar-refractivity contribution in [1.82, 2.24) is 0 Å². The molecule has 0 aromatic rings. The van der Waals surface area contributed by atoms with Crippen LogP contribution in [0.1, 0.15) is 13.8 Å². The van der Waals surface area contributed by atoms with E-state index in [-0.39, 0.29) is 6.54 Å². The zero-order chi connectivity index (χ0) is 6.78. The molecule has 50 valence electrons. The predicted molar refractivity (Wildman–Crippen MR) is 31.4 cm³/mol. The second kappa shape index (κ2) is 2.44. The van der Waals surface area contributed by atoms with Crippen LogP contribution in [0.25, 0.3) is 0 Å². The minimum absolute atomic E-state index is 0.0880. The first-order valence-electron chi connectivity index (χ1n) is 2.61. The third-order valence-electron chi connectivity index (χ3n) is 1.31. The van der Waals surface area contributed by atoms with Crippen LogP contribution in [0.5, 0.6) is 0 Å². The predicted octanol–water partition coefficient (Wildman–Crippen LogP) is -0.923. The molecule has 0 aliphatic rings. The van der Waals surface area contributed by atoms with Gasteiger partial charge >= 0.3 is 0 Å². The second-order valence-corrected chi connectivity index (χ2v) is 2.24. The number of hydrogen-bond donors (Lipinski definition) is 3. The normalized spacial score (nSPS) is 22.1. The van der Waals surface area contributed by atoms with Crippen LogP contribution in [0.4, 0.5) is 0 Å². The molecule has 2 atom stereocenters. The molecule has 0 radical (unpaired) electrons. The fourth-order valence-corrected chi connectivity index (χ4v) is 0.171. The van der Waals surface area contributed by atoms with Crippen molar-refractivity contribution in [2.45, 2.75) is 25.6 Å². The summed E-state index contributed by atoms with van der Waals surface area (Å²) in [4.78, 5) is 0. The molecule has 0 aliphatic carbocycles. The van der Waals surface area contributed by atoms with Crippen LogP contribution < -0.4 is 5.73 Å². The van der Waals surface area contributed by atoms with Crippen molar-refractivity contribution in [2.75, 3.05) is 6.54 Å². The first kappa shape index (κ1) is 7.88. The van der Waals surface area contributed by atoms with E-state index in [1.165, 1.54) is 13.8 Å². The van der Waals surface area contributed by atoms with Gasteiger partial charge in [0.15, 0.2) is 0 Å². The maximum atomic E-state index is 9.03. The van der Waals surface area contributed by atoms with E-state index in [4.69, 9.17) is 15.9 Å². The number of aliphatic hydroxyl groups is 2. The number of aliphatic hydroxyl groups excluding tert-OH is 1. The van der Waals surface area contributed by atoms with Crippen LogP contribution in [0.3, 0.4) is 0 Å². The lowest BCUT2D eigenvalue weighted by Gasteiger charge is -2.23. The number of nitrogens with two attached hydrogens (primary N) is 1. The Morgan fingerprint density at radius 1 is 1.75 bits per heavy atom. The Balaban J connectivity index is 3.71. The molecule has 0 fully saturated rings. The third kappa shape index (κ3) is 1.78. The summed E-state index contributed by atoms with van der Waals surface area (Å²) in [5, 5.41) is 17.8. The zero-order valence-corrected chi connectivity index (χ0v) is 5.26. The van der Waals surface area contributed by atoms with Gasteiger partial charge < -0.3 is 15.9 Å². The van der Waals surface area contributed by atoms with E-state index in [1.54, 1.807) is 0 Å². The van der Waals surface area contributed by atoms with Gasteiger partial charge in [0.2, 0.25) is 0 Å². The van der Waals surface area contributed by atoms with Crippen molar-refractivity contribution in [3.8, 4) is 0 Å². The van der Waals surface area contributed by atoms with Crippen molar-refractivity contribution in [3.63, 3.8) is 0 Å². The maximum absolute atomic E-state index is 9.03. The summed E-state index contributed by atoms with van der Waals surface area (Å²) < 4.78 is 0. The summed E-state index contributed by atoms with van der Waals surface area (Å²) in [5.74, 6) is 0. The highest BCUT2D eigenvalue weighted by atomic mass is 16.3. The average molecular weight is 119 g/mol. The van der Waals surface area contributed by atoms with Crippen molar-refractivity contribution >= 4 is 0 Å². The van der Waals surface area contributed by atoms with Gasteiger partial charge in [-0.25, -0.2) is 0 Å². The minimum atomic E-state index is -1.12. The molecule has 3 nitrogen and oxygen atoms in total. The smallest absolute Gasteiger partial charge is 0.0996 e. The Morgan fingerprint density at radius 3 is 2.12 bits per heavy atom. The highest BCUT2D eigenvalue weighted by Crippen LogP contribution is 2.05. The molecule has 0 aliphatic heterocycles. The molecule has 4 N–H and O–H groups in total. The van der Waals surface area contributed by atoms with Gasteiger partial charge in [-0.2, -0.15) is 0 Å². The van der Waals surface area contributed by atoms with Crippen LogP contribution in [0.2, 0.25) is 0 Å². The van der Waals surface area contributed by atoms with Gasteiger partial charge in [0.1, 0.15) is 0 Å². The molecule has 0 bridgehead atoms. The molecule has 0 aromatic heterocycles. The summed E-state index contributed by atoms with van der Waals surface area (Å²) in [6, 6.07) is 0. The monoisotopic (exact) mass is 119 g/mol. The highest BCUT2D eigenvalue weighted by molar-refractivity contribution is 4.78. The average Bonchev–Trinajstić information content (AvgIpc) is 1.67. The van der Waals surface area contributed by atoms with E-state index < -0.39 is 11.7 Å². The van der Waals surface area contributed by atoms with Gasteiger partial charge in [0.25, 0.3) is 0 Å². The van der Waals surface area contributed by atoms with E-state index in [1.807, 2.05) is 0 Å². The molecule has 0 saturated carbocycles. The van der Waals surface area contributed by atoms with Crippen molar-refractivity contribution in [3.05, 3.63) is 0 Å². The van der Waals surface area contributed by atoms with E-state index in [0.29, 0.717) is 0 Å². The summed E-state index contributed by atoms with van der Waals surface area (Å²) in [6.07, 6.45) is -0.757. The van der Waals surface area contributed by atoms with Crippen molar-refractivity contribution in [1.29, 1.82) is 0 Å². The molecule has 0 aromatic carbocycles. The van der Waals surface area contributed by atoms with Gasteiger partial charge in [0.05, 0.1) is 11.7 Å². The van der Waals surface area contributed by atoms with Gasteiger partial charge in [0, 0.05) is 6.54 Å². The molecular formula is C5H13NO2. The first-order chi connectivity index (χ1) is 3.50. The summed E-state index contributed by atoms with van der Waals surface area (Å²) in [5.41, 5.74) is 3.97. The largest absolute Gasteiger partial charge is 0.390 e. The Morgan fingerprint density at radius 2 is 2.12 bits per heavy atom. The van der Waals surface area contributed by atoms with Crippen LogP contribution in [-0.2, 0) is 0 Å². The molecule has 0 saturated heterocycles. The molecule has 0 heterocycles. The number of rotatable bonds is 2. The molecule has 0 spiro atoms. The Hall–Kier alpha value is -0.120. The lowest BCUT2D eigenvalue weighted by Crippen LogP contribution is -2.44. The SMILES string of the molecule is C[C@@H](O)C(C)(O)CN. The Bertz CT molecular complexity index is 70.8. The standard InChI is InChI=1S/C5H13NO2/c1-4(7)5(2,8)3-6/h4,7-8H,3,6H2,1-2H3/t4-,5?/m1/s1. The maximum Gasteiger partial charge on any atom is 0.0996 e.